The third kappa shape index (κ3) is 6.17. The van der Waals surface area contributed by atoms with E-state index in [4.69, 9.17) is 14.6 Å². The van der Waals surface area contributed by atoms with Crippen molar-refractivity contribution < 1.29 is 14.6 Å². The number of rotatable bonds is 4. The molecule has 0 atom stereocenters. The molecule has 27 heavy (non-hydrogen) atoms. The van der Waals surface area contributed by atoms with E-state index < -0.39 is 0 Å². The molecule has 0 saturated carbocycles. The predicted molar refractivity (Wildman–Crippen MR) is 103 cm³/mol. The smallest absolute Gasteiger partial charge is 0.239 e. The normalized spacial score (nSPS) is 9.63. The molecule has 1 N–H and O–H groups in total. The highest BCUT2D eigenvalue weighted by molar-refractivity contribution is 5.29. The van der Waals surface area contributed by atoms with Gasteiger partial charge >= 0.3 is 0 Å². The van der Waals surface area contributed by atoms with Crippen molar-refractivity contribution in [2.45, 2.75) is 0 Å². The summed E-state index contributed by atoms with van der Waals surface area (Å²) in [6, 6.07) is 31.0. The molecule has 3 aromatic carbocycles. The molecule has 0 fully saturated rings. The average molecular weight is 358 g/mol. The molecule has 0 aliphatic heterocycles. The molecule has 0 aliphatic carbocycles. The summed E-state index contributed by atoms with van der Waals surface area (Å²) in [5, 5.41) is 16.6. The molecule has 5 heteroatoms. The molecule has 0 amide bonds. The summed E-state index contributed by atoms with van der Waals surface area (Å²) in [7, 11) is 0. The van der Waals surface area contributed by atoms with Crippen LogP contribution in [0.1, 0.15) is 0 Å². The first-order chi connectivity index (χ1) is 13.3. The van der Waals surface area contributed by atoms with E-state index in [1.807, 2.05) is 66.7 Å². The number of phenols is 1. The number of para-hydroxylation sites is 3. The number of nitrogens with zero attached hydrogens (tertiary/aromatic N) is 2. The third-order valence-electron chi connectivity index (χ3n) is 3.30. The molecular weight excluding hydrogens is 340 g/mol. The standard InChI is InChI=1S/C16H12N2O2.C6H6O/c1-3-7-13(8-4-1)19-15-11-12-16(18-17-15)20-14-9-5-2-6-10-14;7-6-4-2-1-3-5-6/h1-12H;1-5,7H. The Morgan fingerprint density at radius 1 is 0.481 bits per heavy atom. The van der Waals surface area contributed by atoms with Crippen LogP contribution in [0.4, 0.5) is 0 Å². The maximum absolute atomic E-state index is 8.63. The second kappa shape index (κ2) is 9.58. The quantitative estimate of drug-likeness (QED) is 0.525. The van der Waals surface area contributed by atoms with E-state index in [9.17, 15) is 0 Å². The number of hydrogen-bond acceptors (Lipinski definition) is 5. The molecule has 1 heterocycles. The van der Waals surface area contributed by atoms with Gasteiger partial charge in [0, 0.05) is 12.1 Å². The molecule has 0 spiro atoms. The zero-order chi connectivity index (χ0) is 18.7. The van der Waals surface area contributed by atoms with Gasteiger partial charge in [-0.15, -0.1) is 10.2 Å². The van der Waals surface area contributed by atoms with Crippen LogP contribution in [0.25, 0.3) is 0 Å². The summed E-state index contributed by atoms with van der Waals surface area (Å²) >= 11 is 0. The Morgan fingerprint density at radius 3 is 1.15 bits per heavy atom. The summed E-state index contributed by atoms with van der Waals surface area (Å²) in [5.74, 6) is 2.62. The van der Waals surface area contributed by atoms with E-state index in [0.717, 1.165) is 11.5 Å². The Balaban J connectivity index is 0.000000253. The molecular formula is C22H18N2O3. The summed E-state index contributed by atoms with van der Waals surface area (Å²) in [5.41, 5.74) is 0. The van der Waals surface area contributed by atoms with Crippen molar-refractivity contribution in [3.63, 3.8) is 0 Å². The fraction of sp³-hybridized carbons (Fsp3) is 0. The fourth-order valence-electron chi connectivity index (χ4n) is 2.06. The lowest BCUT2D eigenvalue weighted by Gasteiger charge is -2.05. The van der Waals surface area contributed by atoms with Crippen molar-refractivity contribution in [1.29, 1.82) is 0 Å². The summed E-state index contributed by atoms with van der Waals surface area (Å²) in [6.45, 7) is 0. The second-order valence-electron chi connectivity index (χ2n) is 5.38. The van der Waals surface area contributed by atoms with Gasteiger partial charge in [0.05, 0.1) is 0 Å². The van der Waals surface area contributed by atoms with Gasteiger partial charge in [0.2, 0.25) is 11.8 Å². The van der Waals surface area contributed by atoms with Crippen molar-refractivity contribution in [3.8, 4) is 29.0 Å². The first-order valence-electron chi connectivity index (χ1n) is 8.33. The van der Waals surface area contributed by atoms with Crippen LogP contribution in [0, 0.1) is 0 Å². The SMILES string of the molecule is Oc1ccccc1.c1ccc(Oc2ccc(Oc3ccccc3)nn2)cc1. The minimum Gasteiger partial charge on any atom is -0.508 e. The zero-order valence-electron chi connectivity index (χ0n) is 14.5. The summed E-state index contributed by atoms with van der Waals surface area (Å²) in [6.07, 6.45) is 0. The number of phenolic OH excluding ortho intramolecular Hbond substituents is 1. The Kier molecular flexibility index (Phi) is 6.37. The third-order valence-corrected chi connectivity index (χ3v) is 3.30. The fourth-order valence-corrected chi connectivity index (χ4v) is 2.06. The van der Waals surface area contributed by atoms with E-state index >= 15 is 0 Å². The van der Waals surface area contributed by atoms with Crippen LogP contribution in [0.2, 0.25) is 0 Å². The van der Waals surface area contributed by atoms with E-state index in [-0.39, 0.29) is 0 Å². The number of hydrogen-bond donors (Lipinski definition) is 1. The van der Waals surface area contributed by atoms with Crippen molar-refractivity contribution in [2.24, 2.45) is 0 Å². The number of benzene rings is 3. The highest BCUT2D eigenvalue weighted by Gasteiger charge is 2.02. The largest absolute Gasteiger partial charge is 0.508 e. The highest BCUT2D eigenvalue weighted by Crippen LogP contribution is 2.22. The van der Waals surface area contributed by atoms with Crippen LogP contribution in [-0.4, -0.2) is 15.3 Å². The van der Waals surface area contributed by atoms with Crippen LogP contribution in [0.3, 0.4) is 0 Å². The average Bonchev–Trinajstić information content (AvgIpc) is 2.72. The minimum absolute atomic E-state index is 0.322. The zero-order valence-corrected chi connectivity index (χ0v) is 14.5. The molecule has 0 radical (unpaired) electrons. The Morgan fingerprint density at radius 2 is 0.852 bits per heavy atom. The van der Waals surface area contributed by atoms with E-state index in [1.165, 1.54) is 0 Å². The molecule has 0 aliphatic rings. The maximum atomic E-state index is 8.63. The Hall–Kier alpha value is -3.86. The summed E-state index contributed by atoms with van der Waals surface area (Å²) in [4.78, 5) is 0. The molecule has 1 aromatic heterocycles. The molecule has 5 nitrogen and oxygen atoms in total. The van der Waals surface area contributed by atoms with Gasteiger partial charge in [0.15, 0.2) is 0 Å². The number of ether oxygens (including phenoxy) is 2. The van der Waals surface area contributed by atoms with Crippen molar-refractivity contribution in [2.75, 3.05) is 0 Å². The van der Waals surface area contributed by atoms with Gasteiger partial charge in [-0.25, -0.2) is 0 Å². The molecule has 4 rings (SSSR count). The van der Waals surface area contributed by atoms with E-state index in [1.54, 1.807) is 36.4 Å². The highest BCUT2D eigenvalue weighted by atomic mass is 16.5. The van der Waals surface area contributed by atoms with Crippen molar-refractivity contribution >= 4 is 0 Å². The van der Waals surface area contributed by atoms with Gasteiger partial charge in [-0.2, -0.15) is 0 Å². The van der Waals surface area contributed by atoms with Crippen LogP contribution in [0.5, 0.6) is 29.0 Å². The molecule has 0 saturated heterocycles. The van der Waals surface area contributed by atoms with Crippen LogP contribution < -0.4 is 9.47 Å². The monoisotopic (exact) mass is 358 g/mol. The lowest BCUT2D eigenvalue weighted by atomic mass is 10.3. The lowest BCUT2D eigenvalue weighted by molar-refractivity contribution is 0.427. The summed E-state index contributed by atoms with van der Waals surface area (Å²) < 4.78 is 11.1. The van der Waals surface area contributed by atoms with Crippen LogP contribution >= 0.6 is 0 Å². The van der Waals surface area contributed by atoms with E-state index in [2.05, 4.69) is 10.2 Å². The first-order valence-corrected chi connectivity index (χ1v) is 8.33. The van der Waals surface area contributed by atoms with Crippen LogP contribution in [-0.2, 0) is 0 Å². The number of aromatic nitrogens is 2. The van der Waals surface area contributed by atoms with Gasteiger partial charge in [-0.05, 0) is 36.4 Å². The molecule has 4 aromatic rings. The van der Waals surface area contributed by atoms with Gasteiger partial charge in [0.25, 0.3) is 0 Å². The topological polar surface area (TPSA) is 64.5 Å². The molecule has 0 unspecified atom stereocenters. The number of aromatic hydroxyl groups is 1. The Bertz CT molecular complexity index is 855. The van der Waals surface area contributed by atoms with Crippen LogP contribution in [0.15, 0.2) is 103 Å². The van der Waals surface area contributed by atoms with Gasteiger partial charge in [-0.3, -0.25) is 0 Å². The minimum atomic E-state index is 0.322. The first kappa shape index (κ1) is 17.9. The molecule has 0 bridgehead atoms. The predicted octanol–water partition coefficient (Wildman–Crippen LogP) is 5.45. The maximum Gasteiger partial charge on any atom is 0.239 e. The van der Waals surface area contributed by atoms with Crippen molar-refractivity contribution in [1.82, 2.24) is 10.2 Å². The van der Waals surface area contributed by atoms with Gasteiger partial charge < -0.3 is 14.6 Å². The van der Waals surface area contributed by atoms with E-state index in [0.29, 0.717) is 17.5 Å². The Labute approximate surface area is 157 Å². The lowest BCUT2D eigenvalue weighted by Crippen LogP contribution is -1.93. The second-order valence-corrected chi connectivity index (χ2v) is 5.38. The van der Waals surface area contributed by atoms with Gasteiger partial charge in [-0.1, -0.05) is 54.6 Å². The molecule has 134 valence electrons. The van der Waals surface area contributed by atoms with Gasteiger partial charge in [0.1, 0.15) is 17.2 Å². The van der Waals surface area contributed by atoms with Crippen molar-refractivity contribution in [3.05, 3.63) is 103 Å².